The Balaban J connectivity index is 1.88. The second kappa shape index (κ2) is 7.06. The van der Waals surface area contributed by atoms with Crippen LogP contribution in [-0.4, -0.2) is 39.0 Å². The fraction of sp³-hybridized carbons (Fsp3) is 0.385. The molecular weight excluding hydrogens is 262 g/mol. The van der Waals surface area contributed by atoms with E-state index in [4.69, 9.17) is 5.11 Å². The largest absolute Gasteiger partial charge is 0.395 e. The number of carbonyl (C=O) groups is 1. The molecule has 2 rings (SSSR count). The Morgan fingerprint density at radius 2 is 2.42 bits per heavy atom. The summed E-state index contributed by atoms with van der Waals surface area (Å²) < 4.78 is 0. The van der Waals surface area contributed by atoms with Crippen LogP contribution < -0.4 is 0 Å². The summed E-state index contributed by atoms with van der Waals surface area (Å²) >= 11 is 1.63. The van der Waals surface area contributed by atoms with Crippen LogP contribution in [0.4, 0.5) is 0 Å². The van der Waals surface area contributed by atoms with Gasteiger partial charge in [0, 0.05) is 25.4 Å². The van der Waals surface area contributed by atoms with E-state index in [9.17, 15) is 4.79 Å². The minimum Gasteiger partial charge on any atom is -0.395 e. The average Bonchev–Trinajstić information content (AvgIpc) is 3.08. The van der Waals surface area contributed by atoms with E-state index in [1.165, 1.54) is 5.56 Å². The maximum atomic E-state index is 12.1. The van der Waals surface area contributed by atoms with Crippen LogP contribution in [0, 0.1) is 0 Å². The number of hydrogen-bond acceptors (Lipinski definition) is 4. The van der Waals surface area contributed by atoms with Crippen molar-refractivity contribution in [3.05, 3.63) is 40.6 Å². The first kappa shape index (κ1) is 13.8. The molecule has 0 fully saturated rings. The highest BCUT2D eigenvalue weighted by atomic mass is 32.1. The molecule has 5 nitrogen and oxygen atoms in total. The van der Waals surface area contributed by atoms with Crippen LogP contribution in [0.15, 0.2) is 29.2 Å². The van der Waals surface area contributed by atoms with E-state index in [2.05, 4.69) is 15.3 Å². The summed E-state index contributed by atoms with van der Waals surface area (Å²) in [4.78, 5) is 20.8. The number of nitrogens with one attached hydrogen (secondary N) is 1. The van der Waals surface area contributed by atoms with Gasteiger partial charge in [-0.25, -0.2) is 4.98 Å². The van der Waals surface area contributed by atoms with Crippen molar-refractivity contribution >= 4 is 17.2 Å². The highest BCUT2D eigenvalue weighted by molar-refractivity contribution is 7.07. The van der Waals surface area contributed by atoms with E-state index >= 15 is 0 Å². The van der Waals surface area contributed by atoms with Gasteiger partial charge in [0.2, 0.25) is 5.91 Å². The molecule has 1 amide bonds. The summed E-state index contributed by atoms with van der Waals surface area (Å²) in [7, 11) is 0. The molecule has 0 atom stereocenters. The summed E-state index contributed by atoms with van der Waals surface area (Å²) in [5.74, 6) is 0.772. The monoisotopic (exact) mass is 279 g/mol. The van der Waals surface area contributed by atoms with Crippen molar-refractivity contribution in [3.63, 3.8) is 0 Å². The van der Waals surface area contributed by atoms with Gasteiger partial charge in [0.05, 0.1) is 13.2 Å². The predicted molar refractivity (Wildman–Crippen MR) is 73.7 cm³/mol. The first-order valence-corrected chi connectivity index (χ1v) is 7.12. The zero-order chi connectivity index (χ0) is 13.5. The fourth-order valence-corrected chi connectivity index (χ4v) is 2.53. The molecule has 2 N–H and O–H groups in total. The van der Waals surface area contributed by atoms with Crippen molar-refractivity contribution in [2.45, 2.75) is 19.4 Å². The molecule has 0 saturated heterocycles. The molecular formula is C13H17N3O2S. The van der Waals surface area contributed by atoms with E-state index in [0.717, 1.165) is 12.2 Å². The van der Waals surface area contributed by atoms with Crippen LogP contribution in [0.25, 0.3) is 0 Å². The van der Waals surface area contributed by atoms with Crippen molar-refractivity contribution in [2.75, 3.05) is 13.2 Å². The van der Waals surface area contributed by atoms with Crippen molar-refractivity contribution < 1.29 is 9.90 Å². The summed E-state index contributed by atoms with van der Waals surface area (Å²) in [5.41, 5.74) is 1.18. The van der Waals surface area contributed by atoms with Gasteiger partial charge >= 0.3 is 0 Å². The van der Waals surface area contributed by atoms with Crippen molar-refractivity contribution in [1.29, 1.82) is 0 Å². The third-order valence-corrected chi connectivity index (χ3v) is 3.56. The third kappa shape index (κ3) is 4.18. The number of aryl methyl sites for hydroxylation is 1. The number of H-pyrrole nitrogens is 1. The second-order valence-corrected chi connectivity index (χ2v) is 4.99. The summed E-state index contributed by atoms with van der Waals surface area (Å²) in [5, 5.41) is 13.1. The number of aliphatic hydroxyl groups excluding tert-OH is 1. The number of hydrogen-bond donors (Lipinski definition) is 2. The van der Waals surface area contributed by atoms with Crippen molar-refractivity contribution in [2.24, 2.45) is 0 Å². The van der Waals surface area contributed by atoms with E-state index in [1.807, 2.05) is 11.4 Å². The normalized spacial score (nSPS) is 10.6. The first-order valence-electron chi connectivity index (χ1n) is 6.17. The van der Waals surface area contributed by atoms with Gasteiger partial charge in [-0.05, 0) is 28.8 Å². The molecule has 0 spiro atoms. The number of aromatic nitrogens is 2. The maximum absolute atomic E-state index is 12.1. The van der Waals surface area contributed by atoms with Gasteiger partial charge in [0.25, 0.3) is 0 Å². The molecule has 2 heterocycles. The Bertz CT molecular complexity index is 482. The van der Waals surface area contributed by atoms with E-state index in [1.54, 1.807) is 28.6 Å². The van der Waals surface area contributed by atoms with Crippen LogP contribution in [0.2, 0.25) is 0 Å². The smallest absolute Gasteiger partial charge is 0.223 e. The molecule has 0 aromatic carbocycles. The molecule has 2 aromatic rings. The van der Waals surface area contributed by atoms with Gasteiger partial charge in [-0.1, -0.05) is 0 Å². The fourth-order valence-electron chi connectivity index (χ4n) is 1.82. The number of thiophene rings is 1. The third-order valence-electron chi connectivity index (χ3n) is 2.83. The Morgan fingerprint density at radius 1 is 1.53 bits per heavy atom. The number of aromatic amines is 1. The lowest BCUT2D eigenvalue weighted by atomic mass is 10.2. The number of carbonyl (C=O) groups excluding carboxylic acids is 1. The van der Waals surface area contributed by atoms with Gasteiger partial charge in [-0.15, -0.1) is 0 Å². The highest BCUT2D eigenvalue weighted by Crippen LogP contribution is 2.10. The van der Waals surface area contributed by atoms with Gasteiger partial charge in [0.15, 0.2) is 0 Å². The number of aliphatic hydroxyl groups is 1. The van der Waals surface area contributed by atoms with Gasteiger partial charge in [0.1, 0.15) is 5.82 Å². The molecule has 19 heavy (non-hydrogen) atoms. The molecule has 102 valence electrons. The molecule has 6 heteroatoms. The Kier molecular flexibility index (Phi) is 5.11. The average molecular weight is 279 g/mol. The molecule has 0 saturated carbocycles. The van der Waals surface area contributed by atoms with Gasteiger partial charge in [-0.2, -0.15) is 11.3 Å². The number of rotatable bonds is 7. The van der Waals surface area contributed by atoms with E-state index in [0.29, 0.717) is 19.5 Å². The molecule has 0 bridgehead atoms. The standard InChI is InChI=1S/C13H17N3O2S/c17-7-6-16(9-12-14-4-5-15-12)13(18)2-1-11-3-8-19-10-11/h3-5,8,10,17H,1-2,6-7,9H2,(H,14,15). The molecule has 0 aliphatic rings. The minimum absolute atomic E-state index is 0.0368. The highest BCUT2D eigenvalue weighted by Gasteiger charge is 2.14. The quantitative estimate of drug-likeness (QED) is 0.805. The lowest BCUT2D eigenvalue weighted by Crippen LogP contribution is -2.33. The van der Waals surface area contributed by atoms with Crippen LogP contribution in [0.1, 0.15) is 17.8 Å². The Labute approximate surface area is 115 Å². The molecule has 0 unspecified atom stereocenters. The zero-order valence-corrected chi connectivity index (χ0v) is 11.4. The van der Waals surface area contributed by atoms with Gasteiger partial charge in [-0.3, -0.25) is 4.79 Å². The molecule has 0 radical (unpaired) electrons. The van der Waals surface area contributed by atoms with Crippen molar-refractivity contribution in [1.82, 2.24) is 14.9 Å². The summed E-state index contributed by atoms with van der Waals surface area (Å²) in [6.45, 7) is 0.712. The Hall–Kier alpha value is -1.66. The van der Waals surface area contributed by atoms with Crippen LogP contribution >= 0.6 is 11.3 Å². The van der Waals surface area contributed by atoms with Gasteiger partial charge < -0.3 is 15.0 Å². The zero-order valence-electron chi connectivity index (χ0n) is 10.6. The lowest BCUT2D eigenvalue weighted by molar-refractivity contribution is -0.132. The second-order valence-electron chi connectivity index (χ2n) is 4.21. The predicted octanol–water partition coefficient (Wildman–Crippen LogP) is 1.42. The van der Waals surface area contributed by atoms with Crippen LogP contribution in [0.5, 0.6) is 0 Å². The summed E-state index contributed by atoms with van der Waals surface area (Å²) in [6, 6.07) is 2.03. The molecule has 0 aliphatic carbocycles. The van der Waals surface area contributed by atoms with Crippen LogP contribution in [-0.2, 0) is 17.8 Å². The maximum Gasteiger partial charge on any atom is 0.223 e. The number of amides is 1. The number of imidazole rings is 1. The van der Waals surface area contributed by atoms with E-state index < -0.39 is 0 Å². The molecule has 0 aliphatic heterocycles. The first-order chi connectivity index (χ1) is 9.29. The summed E-state index contributed by atoms with van der Waals surface area (Å²) in [6.07, 6.45) is 4.57. The Morgan fingerprint density at radius 3 is 3.05 bits per heavy atom. The van der Waals surface area contributed by atoms with Crippen molar-refractivity contribution in [3.8, 4) is 0 Å². The van der Waals surface area contributed by atoms with Crippen LogP contribution in [0.3, 0.4) is 0 Å². The van der Waals surface area contributed by atoms with E-state index in [-0.39, 0.29) is 12.5 Å². The molecule has 2 aromatic heterocycles. The lowest BCUT2D eigenvalue weighted by Gasteiger charge is -2.20. The minimum atomic E-state index is -0.0368. The SMILES string of the molecule is O=C(CCc1ccsc1)N(CCO)Cc1ncc[nH]1. The topological polar surface area (TPSA) is 69.2 Å². The number of nitrogens with zero attached hydrogens (tertiary/aromatic N) is 2.